The van der Waals surface area contributed by atoms with Gasteiger partial charge < -0.3 is 16.0 Å². The standard InChI is InChI=1S/C20H25N3O2/c1-3-19(24)23-18-13-17(10-9-15(18)2)22-20(25)14-21-12-11-16-7-5-4-6-8-16/h4-10,13,21H,3,11-12,14H2,1-2H3,(H,22,25)(H,23,24). The van der Waals surface area contributed by atoms with E-state index in [1.54, 1.807) is 13.0 Å². The van der Waals surface area contributed by atoms with Crippen molar-refractivity contribution >= 4 is 23.2 Å². The van der Waals surface area contributed by atoms with E-state index in [1.165, 1.54) is 5.56 Å². The average Bonchev–Trinajstić information content (AvgIpc) is 2.62. The number of benzene rings is 2. The third-order valence-corrected chi connectivity index (χ3v) is 3.84. The van der Waals surface area contributed by atoms with Crippen LogP contribution in [0.25, 0.3) is 0 Å². The van der Waals surface area contributed by atoms with E-state index in [0.717, 1.165) is 24.2 Å². The van der Waals surface area contributed by atoms with E-state index in [9.17, 15) is 9.59 Å². The first-order chi connectivity index (χ1) is 12.1. The second-order valence-corrected chi connectivity index (χ2v) is 5.89. The molecule has 2 aromatic rings. The summed E-state index contributed by atoms with van der Waals surface area (Å²) in [6.45, 7) is 4.71. The SMILES string of the molecule is CCC(=O)Nc1cc(NC(=O)CNCCc2ccccc2)ccc1C. The monoisotopic (exact) mass is 339 g/mol. The topological polar surface area (TPSA) is 70.2 Å². The zero-order valence-corrected chi connectivity index (χ0v) is 14.8. The van der Waals surface area contributed by atoms with E-state index < -0.39 is 0 Å². The Balaban J connectivity index is 1.79. The van der Waals surface area contributed by atoms with Gasteiger partial charge in [0.25, 0.3) is 0 Å². The number of nitrogens with one attached hydrogen (secondary N) is 3. The van der Waals surface area contributed by atoms with E-state index in [2.05, 4.69) is 28.1 Å². The van der Waals surface area contributed by atoms with Crippen molar-refractivity contribution in [3.05, 3.63) is 59.7 Å². The van der Waals surface area contributed by atoms with Crippen molar-refractivity contribution in [2.75, 3.05) is 23.7 Å². The Bertz CT molecular complexity index is 714. The molecule has 0 saturated carbocycles. The number of carbonyl (C=O) groups excluding carboxylic acids is 2. The van der Waals surface area contributed by atoms with Crippen LogP contribution in [0.1, 0.15) is 24.5 Å². The predicted molar refractivity (Wildman–Crippen MR) is 102 cm³/mol. The summed E-state index contributed by atoms with van der Waals surface area (Å²) < 4.78 is 0. The van der Waals surface area contributed by atoms with Gasteiger partial charge in [-0.15, -0.1) is 0 Å². The van der Waals surface area contributed by atoms with Crippen molar-refractivity contribution in [1.29, 1.82) is 0 Å². The summed E-state index contributed by atoms with van der Waals surface area (Å²) in [6, 6.07) is 15.6. The van der Waals surface area contributed by atoms with Crippen LogP contribution >= 0.6 is 0 Å². The molecule has 25 heavy (non-hydrogen) atoms. The molecule has 132 valence electrons. The summed E-state index contributed by atoms with van der Waals surface area (Å²) in [7, 11) is 0. The molecule has 0 unspecified atom stereocenters. The van der Waals surface area contributed by atoms with Gasteiger partial charge in [-0.05, 0) is 43.1 Å². The minimum atomic E-state index is -0.107. The lowest BCUT2D eigenvalue weighted by molar-refractivity contribution is -0.116. The predicted octanol–water partition coefficient (Wildman–Crippen LogP) is 3.11. The summed E-state index contributed by atoms with van der Waals surface area (Å²) >= 11 is 0. The minimum absolute atomic E-state index is 0.0471. The number of anilines is 2. The zero-order valence-electron chi connectivity index (χ0n) is 14.8. The average molecular weight is 339 g/mol. The third kappa shape index (κ3) is 6.39. The van der Waals surface area contributed by atoms with Crippen LogP contribution in [0.4, 0.5) is 11.4 Å². The van der Waals surface area contributed by atoms with Gasteiger partial charge in [0.1, 0.15) is 0 Å². The Labute approximate surface area is 148 Å². The molecular formula is C20H25N3O2. The van der Waals surface area contributed by atoms with Crippen molar-refractivity contribution in [3.63, 3.8) is 0 Å². The van der Waals surface area contributed by atoms with Gasteiger partial charge in [0.15, 0.2) is 0 Å². The fourth-order valence-corrected chi connectivity index (χ4v) is 2.36. The Hall–Kier alpha value is -2.66. The Morgan fingerprint density at radius 2 is 1.72 bits per heavy atom. The van der Waals surface area contributed by atoms with E-state index >= 15 is 0 Å². The van der Waals surface area contributed by atoms with Crippen LogP contribution < -0.4 is 16.0 Å². The lowest BCUT2D eigenvalue weighted by Gasteiger charge is -2.11. The summed E-state index contributed by atoms with van der Waals surface area (Å²) in [4.78, 5) is 23.6. The van der Waals surface area contributed by atoms with E-state index in [4.69, 9.17) is 0 Å². The molecule has 5 nitrogen and oxygen atoms in total. The molecule has 0 bridgehead atoms. The van der Waals surface area contributed by atoms with Crippen LogP contribution in [0.2, 0.25) is 0 Å². The highest BCUT2D eigenvalue weighted by atomic mass is 16.2. The Kier molecular flexibility index (Phi) is 7.16. The molecule has 0 aliphatic rings. The molecule has 0 spiro atoms. The van der Waals surface area contributed by atoms with Crippen LogP contribution in [0.15, 0.2) is 48.5 Å². The highest BCUT2D eigenvalue weighted by Crippen LogP contribution is 2.20. The number of hydrogen-bond donors (Lipinski definition) is 3. The molecule has 0 aliphatic carbocycles. The fraction of sp³-hybridized carbons (Fsp3) is 0.300. The van der Waals surface area contributed by atoms with Gasteiger partial charge in [0.2, 0.25) is 11.8 Å². The molecule has 0 fully saturated rings. The molecule has 0 atom stereocenters. The summed E-state index contributed by atoms with van der Waals surface area (Å²) in [6.07, 6.45) is 1.30. The summed E-state index contributed by atoms with van der Waals surface area (Å²) in [5, 5.41) is 8.82. The first-order valence-corrected chi connectivity index (χ1v) is 8.53. The molecule has 0 saturated heterocycles. The molecule has 2 amide bonds. The number of amides is 2. The quantitative estimate of drug-likeness (QED) is 0.647. The Morgan fingerprint density at radius 3 is 2.44 bits per heavy atom. The highest BCUT2D eigenvalue weighted by molar-refractivity contribution is 5.95. The maximum absolute atomic E-state index is 12.0. The van der Waals surface area contributed by atoms with Crippen LogP contribution in [0.3, 0.4) is 0 Å². The molecule has 3 N–H and O–H groups in total. The van der Waals surface area contributed by atoms with Crippen molar-refractivity contribution in [3.8, 4) is 0 Å². The Morgan fingerprint density at radius 1 is 0.960 bits per heavy atom. The number of rotatable bonds is 8. The summed E-state index contributed by atoms with van der Waals surface area (Å²) in [5.41, 5.74) is 3.60. The first-order valence-electron chi connectivity index (χ1n) is 8.53. The lowest BCUT2D eigenvalue weighted by atomic mass is 10.1. The van der Waals surface area contributed by atoms with Crippen LogP contribution in [0, 0.1) is 6.92 Å². The fourth-order valence-electron chi connectivity index (χ4n) is 2.36. The van der Waals surface area contributed by atoms with Crippen LogP contribution in [-0.4, -0.2) is 24.9 Å². The molecule has 0 aliphatic heterocycles. The number of hydrogen-bond acceptors (Lipinski definition) is 3. The molecule has 0 radical (unpaired) electrons. The summed E-state index contributed by atoms with van der Waals surface area (Å²) in [5.74, 6) is -0.154. The van der Waals surface area contributed by atoms with Gasteiger partial charge in [-0.1, -0.05) is 43.3 Å². The van der Waals surface area contributed by atoms with E-state index in [0.29, 0.717) is 12.1 Å². The van der Waals surface area contributed by atoms with Gasteiger partial charge in [0.05, 0.1) is 6.54 Å². The molecule has 2 rings (SSSR count). The number of carbonyl (C=O) groups is 2. The maximum atomic E-state index is 12.0. The van der Waals surface area contributed by atoms with Crippen LogP contribution in [0.5, 0.6) is 0 Å². The van der Waals surface area contributed by atoms with Gasteiger partial charge >= 0.3 is 0 Å². The van der Waals surface area contributed by atoms with Gasteiger partial charge in [-0.3, -0.25) is 9.59 Å². The first kappa shape index (κ1) is 18.7. The second-order valence-electron chi connectivity index (χ2n) is 5.89. The molecule has 5 heteroatoms. The smallest absolute Gasteiger partial charge is 0.238 e. The van der Waals surface area contributed by atoms with Crippen LogP contribution in [-0.2, 0) is 16.0 Å². The van der Waals surface area contributed by atoms with Gasteiger partial charge in [-0.2, -0.15) is 0 Å². The molecule has 0 heterocycles. The highest BCUT2D eigenvalue weighted by Gasteiger charge is 2.06. The second kappa shape index (κ2) is 9.59. The minimum Gasteiger partial charge on any atom is -0.326 e. The molecule has 2 aromatic carbocycles. The molecular weight excluding hydrogens is 314 g/mol. The van der Waals surface area contributed by atoms with E-state index in [-0.39, 0.29) is 18.4 Å². The van der Waals surface area contributed by atoms with Crippen molar-refractivity contribution in [2.45, 2.75) is 26.7 Å². The van der Waals surface area contributed by atoms with Crippen molar-refractivity contribution in [2.24, 2.45) is 0 Å². The lowest BCUT2D eigenvalue weighted by Crippen LogP contribution is -2.29. The number of aryl methyl sites for hydroxylation is 1. The van der Waals surface area contributed by atoms with Crippen molar-refractivity contribution < 1.29 is 9.59 Å². The maximum Gasteiger partial charge on any atom is 0.238 e. The third-order valence-electron chi connectivity index (χ3n) is 3.84. The van der Waals surface area contributed by atoms with Crippen molar-refractivity contribution in [1.82, 2.24) is 5.32 Å². The van der Waals surface area contributed by atoms with Gasteiger partial charge in [0, 0.05) is 17.8 Å². The van der Waals surface area contributed by atoms with E-state index in [1.807, 2.05) is 37.3 Å². The molecule has 0 aromatic heterocycles. The normalized spacial score (nSPS) is 10.3. The van der Waals surface area contributed by atoms with Gasteiger partial charge in [-0.25, -0.2) is 0 Å². The zero-order chi connectivity index (χ0) is 18.1. The largest absolute Gasteiger partial charge is 0.326 e.